The van der Waals surface area contributed by atoms with E-state index in [1.807, 2.05) is 12.1 Å². The summed E-state index contributed by atoms with van der Waals surface area (Å²) >= 11 is 0. The number of aromatic nitrogens is 1. The van der Waals surface area contributed by atoms with Crippen LogP contribution in [0.15, 0.2) is 12.1 Å². The van der Waals surface area contributed by atoms with Gasteiger partial charge in [-0.15, -0.1) is 0 Å². The van der Waals surface area contributed by atoms with Crippen molar-refractivity contribution in [2.45, 2.75) is 51.9 Å². The molecule has 2 saturated carbocycles. The molecular weight excluding hydrogens is 262 g/mol. The molecule has 1 aromatic rings. The van der Waals surface area contributed by atoms with E-state index in [2.05, 4.69) is 17.2 Å². The summed E-state index contributed by atoms with van der Waals surface area (Å²) in [5.41, 5.74) is 7.04. The summed E-state index contributed by atoms with van der Waals surface area (Å²) in [5, 5.41) is 3.50. The zero-order valence-corrected chi connectivity index (χ0v) is 13.0. The summed E-state index contributed by atoms with van der Waals surface area (Å²) in [6.07, 6.45) is 9.17. The molecule has 116 valence electrons. The Hall–Kier alpha value is -1.45. The number of pyridine rings is 1. The summed E-state index contributed by atoms with van der Waals surface area (Å²) in [6.45, 7) is 4.05. The Labute approximate surface area is 127 Å². The summed E-state index contributed by atoms with van der Waals surface area (Å²) in [4.78, 5) is 4.54. The minimum Gasteiger partial charge on any atom is -0.476 e. The van der Waals surface area contributed by atoms with Gasteiger partial charge in [0.15, 0.2) is 0 Å². The van der Waals surface area contributed by atoms with Gasteiger partial charge >= 0.3 is 0 Å². The number of hydrogen-bond donors (Lipinski definition) is 2. The number of nitrogens with two attached hydrogens (primary N) is 1. The van der Waals surface area contributed by atoms with Crippen LogP contribution in [0.25, 0.3) is 0 Å². The van der Waals surface area contributed by atoms with Gasteiger partial charge in [0.1, 0.15) is 5.82 Å². The monoisotopic (exact) mass is 289 g/mol. The molecule has 3 N–H and O–H groups in total. The zero-order valence-electron chi connectivity index (χ0n) is 13.0. The van der Waals surface area contributed by atoms with Gasteiger partial charge in [0, 0.05) is 6.54 Å². The fourth-order valence-electron chi connectivity index (χ4n) is 3.20. The highest BCUT2D eigenvalue weighted by atomic mass is 16.5. The van der Waals surface area contributed by atoms with Gasteiger partial charge in [0.25, 0.3) is 0 Å². The molecule has 0 amide bonds. The predicted octanol–water partition coefficient (Wildman–Crippen LogP) is 3.83. The average Bonchev–Trinajstić information content (AvgIpc) is 3.22. The Morgan fingerprint density at radius 2 is 2.10 bits per heavy atom. The number of anilines is 2. The van der Waals surface area contributed by atoms with Crippen LogP contribution in [0.3, 0.4) is 0 Å². The molecule has 1 heterocycles. The van der Waals surface area contributed by atoms with E-state index in [1.165, 1.54) is 44.9 Å². The maximum atomic E-state index is 5.95. The lowest BCUT2D eigenvalue weighted by atomic mass is 9.83. The quantitative estimate of drug-likeness (QED) is 0.800. The van der Waals surface area contributed by atoms with Gasteiger partial charge in [-0.1, -0.05) is 19.8 Å². The maximum absolute atomic E-state index is 5.95. The second-order valence-electron chi connectivity index (χ2n) is 6.76. The summed E-state index contributed by atoms with van der Waals surface area (Å²) < 4.78 is 5.75. The van der Waals surface area contributed by atoms with Gasteiger partial charge in [-0.05, 0) is 55.6 Å². The smallest absolute Gasteiger partial charge is 0.239 e. The Kier molecular flexibility index (Phi) is 4.22. The summed E-state index contributed by atoms with van der Waals surface area (Å²) in [7, 11) is 0. The third-order valence-corrected chi connectivity index (χ3v) is 5.10. The van der Waals surface area contributed by atoms with Gasteiger partial charge < -0.3 is 15.8 Å². The predicted molar refractivity (Wildman–Crippen MR) is 86.6 cm³/mol. The van der Waals surface area contributed by atoms with Gasteiger partial charge in [-0.25, -0.2) is 0 Å². The highest BCUT2D eigenvalue weighted by Crippen LogP contribution is 2.41. The first-order valence-corrected chi connectivity index (χ1v) is 8.34. The van der Waals surface area contributed by atoms with E-state index in [0.29, 0.717) is 22.9 Å². The average molecular weight is 289 g/mol. The van der Waals surface area contributed by atoms with Crippen molar-refractivity contribution in [3.05, 3.63) is 12.1 Å². The van der Waals surface area contributed by atoms with Crippen LogP contribution < -0.4 is 15.8 Å². The van der Waals surface area contributed by atoms with Crippen molar-refractivity contribution >= 4 is 11.5 Å². The van der Waals surface area contributed by atoms with E-state index < -0.39 is 0 Å². The topological polar surface area (TPSA) is 60.2 Å². The molecule has 1 aromatic heterocycles. The van der Waals surface area contributed by atoms with Gasteiger partial charge in [0.2, 0.25) is 5.88 Å². The first kappa shape index (κ1) is 14.5. The first-order chi connectivity index (χ1) is 10.2. The van der Waals surface area contributed by atoms with Crippen molar-refractivity contribution in [1.29, 1.82) is 0 Å². The molecule has 0 spiro atoms. The minimum absolute atomic E-state index is 0.456. The lowest BCUT2D eigenvalue weighted by Gasteiger charge is -2.28. The van der Waals surface area contributed by atoms with Crippen LogP contribution in [0.4, 0.5) is 11.5 Å². The zero-order chi connectivity index (χ0) is 14.7. The van der Waals surface area contributed by atoms with Crippen molar-refractivity contribution < 1.29 is 4.74 Å². The Morgan fingerprint density at radius 3 is 2.76 bits per heavy atom. The van der Waals surface area contributed by atoms with E-state index >= 15 is 0 Å². The molecule has 4 nitrogen and oxygen atoms in total. The lowest BCUT2D eigenvalue weighted by molar-refractivity contribution is 0.289. The molecule has 21 heavy (non-hydrogen) atoms. The number of nitrogen functional groups attached to an aromatic ring is 1. The van der Waals surface area contributed by atoms with Crippen LogP contribution in [-0.4, -0.2) is 18.1 Å². The number of nitrogens with zero attached hydrogens (tertiary/aromatic N) is 1. The molecule has 0 radical (unpaired) electrons. The SMILES string of the molecule is CCC1(CNc2ccc(N)c(OCC3CC3)n2)CCCC1. The van der Waals surface area contributed by atoms with E-state index in [-0.39, 0.29) is 0 Å². The van der Waals surface area contributed by atoms with Crippen molar-refractivity contribution in [3.63, 3.8) is 0 Å². The third kappa shape index (κ3) is 3.60. The summed E-state index contributed by atoms with van der Waals surface area (Å²) in [6, 6.07) is 3.85. The Bertz CT molecular complexity index is 479. The van der Waals surface area contributed by atoms with Gasteiger partial charge in [-0.3, -0.25) is 0 Å². The van der Waals surface area contributed by atoms with Crippen molar-refractivity contribution in [3.8, 4) is 5.88 Å². The van der Waals surface area contributed by atoms with Crippen LogP contribution in [0.2, 0.25) is 0 Å². The Balaban J connectivity index is 1.60. The molecule has 4 heteroatoms. The molecule has 0 unspecified atom stereocenters. The number of hydrogen-bond acceptors (Lipinski definition) is 4. The van der Waals surface area contributed by atoms with E-state index in [0.717, 1.165) is 19.0 Å². The van der Waals surface area contributed by atoms with E-state index in [4.69, 9.17) is 10.5 Å². The highest BCUT2D eigenvalue weighted by molar-refractivity contribution is 5.53. The van der Waals surface area contributed by atoms with Gasteiger partial charge in [0.05, 0.1) is 12.3 Å². The molecule has 0 aliphatic heterocycles. The highest BCUT2D eigenvalue weighted by Gasteiger charge is 2.31. The van der Waals surface area contributed by atoms with Crippen molar-refractivity contribution in [1.82, 2.24) is 4.98 Å². The molecule has 0 bridgehead atoms. The van der Waals surface area contributed by atoms with Crippen LogP contribution in [0, 0.1) is 11.3 Å². The van der Waals surface area contributed by atoms with Crippen LogP contribution in [0.5, 0.6) is 5.88 Å². The van der Waals surface area contributed by atoms with E-state index in [9.17, 15) is 0 Å². The fraction of sp³-hybridized carbons (Fsp3) is 0.706. The Morgan fingerprint density at radius 1 is 1.33 bits per heavy atom. The maximum Gasteiger partial charge on any atom is 0.239 e. The fourth-order valence-corrected chi connectivity index (χ4v) is 3.20. The van der Waals surface area contributed by atoms with Crippen LogP contribution in [0.1, 0.15) is 51.9 Å². The molecular formula is C17H27N3O. The summed E-state index contributed by atoms with van der Waals surface area (Å²) in [5.74, 6) is 2.18. The van der Waals surface area contributed by atoms with Crippen LogP contribution in [-0.2, 0) is 0 Å². The molecule has 0 atom stereocenters. The number of nitrogens with one attached hydrogen (secondary N) is 1. The molecule has 0 saturated heterocycles. The number of ether oxygens (including phenoxy) is 1. The van der Waals surface area contributed by atoms with Crippen molar-refractivity contribution in [2.75, 3.05) is 24.2 Å². The molecule has 2 aliphatic carbocycles. The van der Waals surface area contributed by atoms with E-state index in [1.54, 1.807) is 0 Å². The minimum atomic E-state index is 0.456. The lowest BCUT2D eigenvalue weighted by Crippen LogP contribution is -2.26. The molecule has 3 rings (SSSR count). The first-order valence-electron chi connectivity index (χ1n) is 8.34. The van der Waals surface area contributed by atoms with Crippen LogP contribution >= 0.6 is 0 Å². The second kappa shape index (κ2) is 6.12. The normalized spacial score (nSPS) is 20.4. The molecule has 0 aromatic carbocycles. The standard InChI is InChI=1S/C17H27N3O/c1-2-17(9-3-4-10-17)12-19-15-8-7-14(18)16(20-15)21-11-13-5-6-13/h7-8,13H,2-6,9-12,18H2,1H3,(H,19,20). The molecule has 2 aliphatic rings. The van der Waals surface area contributed by atoms with Crippen molar-refractivity contribution in [2.24, 2.45) is 11.3 Å². The second-order valence-corrected chi connectivity index (χ2v) is 6.76. The molecule has 2 fully saturated rings. The number of rotatable bonds is 7. The van der Waals surface area contributed by atoms with Gasteiger partial charge in [-0.2, -0.15) is 4.98 Å². The largest absolute Gasteiger partial charge is 0.476 e. The third-order valence-electron chi connectivity index (χ3n) is 5.10.